The molecule has 0 aromatic heterocycles. The van der Waals surface area contributed by atoms with Crippen molar-refractivity contribution in [2.75, 3.05) is 19.8 Å². The van der Waals surface area contributed by atoms with E-state index in [1.54, 1.807) is 24.3 Å². The Morgan fingerprint density at radius 3 is 2.69 bits per heavy atom. The Labute approximate surface area is 210 Å². The van der Waals surface area contributed by atoms with Crippen LogP contribution in [-0.2, 0) is 23.9 Å². The van der Waals surface area contributed by atoms with Crippen molar-refractivity contribution in [3.63, 3.8) is 0 Å². The first kappa shape index (κ1) is 26.9. The smallest absolute Gasteiger partial charge is 0.308 e. The van der Waals surface area contributed by atoms with Gasteiger partial charge in [-0.3, -0.25) is 19.2 Å². The van der Waals surface area contributed by atoms with Crippen molar-refractivity contribution < 1.29 is 28.7 Å². The van der Waals surface area contributed by atoms with Gasteiger partial charge >= 0.3 is 5.97 Å². The minimum Gasteiger partial charge on any atom is -0.460 e. The second kappa shape index (κ2) is 12.4. The topological polar surface area (TPSA) is 114 Å². The maximum Gasteiger partial charge on any atom is 0.308 e. The summed E-state index contributed by atoms with van der Waals surface area (Å²) in [6.45, 7) is 6.95. The van der Waals surface area contributed by atoms with E-state index in [9.17, 15) is 19.2 Å². The van der Waals surface area contributed by atoms with Crippen LogP contribution < -0.4 is 10.6 Å². The predicted molar refractivity (Wildman–Crippen MR) is 130 cm³/mol. The monoisotopic (exact) mass is 507 g/mol. The number of rotatable bonds is 10. The lowest BCUT2D eigenvalue weighted by atomic mass is 10.0. The number of cyclic esters (lactones) is 1. The van der Waals surface area contributed by atoms with Crippen molar-refractivity contribution in [1.29, 1.82) is 0 Å². The van der Waals surface area contributed by atoms with E-state index in [1.165, 1.54) is 4.90 Å². The summed E-state index contributed by atoms with van der Waals surface area (Å²) in [4.78, 5) is 52.9. The molecular weight excluding hydrogens is 474 g/mol. The van der Waals surface area contributed by atoms with Gasteiger partial charge in [-0.25, -0.2) is 0 Å². The van der Waals surface area contributed by atoms with Gasteiger partial charge in [0.1, 0.15) is 18.2 Å². The molecule has 3 rings (SSSR count). The van der Waals surface area contributed by atoms with E-state index in [0.717, 1.165) is 0 Å². The first-order valence-electron chi connectivity index (χ1n) is 12.2. The fraction of sp³-hybridized carbons (Fsp3) is 0.600. The summed E-state index contributed by atoms with van der Waals surface area (Å²) >= 11 is 6.15. The molecule has 9 nitrogen and oxygen atoms in total. The minimum absolute atomic E-state index is 0.0890. The van der Waals surface area contributed by atoms with Crippen LogP contribution in [0, 0.1) is 5.92 Å². The number of nitrogens with zero attached hydrogens (tertiary/aromatic N) is 1. The molecule has 0 spiro atoms. The number of amides is 3. The highest BCUT2D eigenvalue weighted by Crippen LogP contribution is 2.24. The van der Waals surface area contributed by atoms with Gasteiger partial charge in [0, 0.05) is 19.6 Å². The van der Waals surface area contributed by atoms with Crippen LogP contribution in [0.3, 0.4) is 0 Å². The predicted octanol–water partition coefficient (Wildman–Crippen LogP) is 2.31. The van der Waals surface area contributed by atoms with Gasteiger partial charge in [-0.1, -0.05) is 37.6 Å². The molecular formula is C25H34ClN3O6. The first-order valence-corrected chi connectivity index (χ1v) is 12.5. The van der Waals surface area contributed by atoms with Crippen LogP contribution in [0.5, 0.6) is 0 Å². The summed E-state index contributed by atoms with van der Waals surface area (Å²) in [5.41, 5.74) is 0.285. The van der Waals surface area contributed by atoms with Crippen LogP contribution >= 0.6 is 11.6 Å². The number of ether oxygens (including phenoxy) is 2. The fourth-order valence-corrected chi connectivity index (χ4v) is 4.72. The van der Waals surface area contributed by atoms with E-state index < -0.39 is 30.1 Å². The van der Waals surface area contributed by atoms with Gasteiger partial charge in [-0.15, -0.1) is 0 Å². The third-order valence-electron chi connectivity index (χ3n) is 6.37. The Morgan fingerprint density at radius 2 is 2.00 bits per heavy atom. The Hall–Kier alpha value is -2.65. The van der Waals surface area contributed by atoms with E-state index in [-0.39, 0.29) is 35.7 Å². The van der Waals surface area contributed by atoms with Gasteiger partial charge in [0.25, 0.3) is 5.91 Å². The SMILES string of the molecule is CCOCC[C@@H]1OC(=O)C[C@@H]1NC(=O)[C@@H]1CCCN1C(=O)[C@@H](NC(=O)c1ccccc1Cl)C(C)C. The van der Waals surface area contributed by atoms with Crippen LogP contribution in [0.1, 0.15) is 56.8 Å². The summed E-state index contributed by atoms with van der Waals surface area (Å²) in [5, 5.41) is 6.01. The highest BCUT2D eigenvalue weighted by molar-refractivity contribution is 6.33. The molecule has 0 radical (unpaired) electrons. The Balaban J connectivity index is 1.67. The molecule has 0 aliphatic carbocycles. The van der Waals surface area contributed by atoms with E-state index in [2.05, 4.69) is 10.6 Å². The Bertz CT molecular complexity index is 940. The summed E-state index contributed by atoms with van der Waals surface area (Å²) in [5.74, 6) is -1.65. The molecule has 1 aromatic carbocycles. The summed E-state index contributed by atoms with van der Waals surface area (Å²) in [6.07, 6.45) is 1.29. The lowest BCUT2D eigenvalue weighted by Gasteiger charge is -2.31. The van der Waals surface area contributed by atoms with Gasteiger partial charge in [-0.2, -0.15) is 0 Å². The third-order valence-corrected chi connectivity index (χ3v) is 6.70. The van der Waals surface area contributed by atoms with Crippen molar-refractivity contribution in [2.45, 2.75) is 70.7 Å². The number of carbonyl (C=O) groups is 4. The molecule has 10 heteroatoms. The number of hydrogen-bond acceptors (Lipinski definition) is 6. The molecule has 2 heterocycles. The molecule has 192 valence electrons. The van der Waals surface area contributed by atoms with Crippen molar-refractivity contribution >= 4 is 35.3 Å². The second-order valence-electron chi connectivity index (χ2n) is 9.20. The molecule has 35 heavy (non-hydrogen) atoms. The Morgan fingerprint density at radius 1 is 1.26 bits per heavy atom. The number of nitrogens with one attached hydrogen (secondary N) is 2. The molecule has 2 N–H and O–H groups in total. The van der Waals surface area contributed by atoms with Gasteiger partial charge in [-0.05, 0) is 37.8 Å². The molecule has 4 atom stereocenters. The van der Waals surface area contributed by atoms with Gasteiger partial charge in [0.15, 0.2) is 0 Å². The normalized spacial score (nSPS) is 22.7. The van der Waals surface area contributed by atoms with Crippen LogP contribution in [0.15, 0.2) is 24.3 Å². The van der Waals surface area contributed by atoms with E-state index in [1.807, 2.05) is 20.8 Å². The standard InChI is InChI=1S/C25H34ClN3O6/c1-4-34-13-11-20-18(14-21(30)35-20)27-24(32)19-10-7-12-29(19)25(33)22(15(2)3)28-23(31)16-8-5-6-9-17(16)26/h5-6,8-9,15,18-20,22H,4,7,10-14H2,1-3H3,(H,27,32)(H,28,31)/t18-,19-,20-,22-/m0/s1. The molecule has 2 aliphatic rings. The van der Waals surface area contributed by atoms with Crippen LogP contribution in [0.4, 0.5) is 0 Å². The van der Waals surface area contributed by atoms with Gasteiger partial charge in [0.2, 0.25) is 11.8 Å². The summed E-state index contributed by atoms with van der Waals surface area (Å²) in [6, 6.07) is 4.68. The number of benzene rings is 1. The van der Waals surface area contributed by atoms with Crippen molar-refractivity contribution in [3.05, 3.63) is 34.9 Å². The zero-order valence-corrected chi connectivity index (χ0v) is 21.2. The zero-order valence-electron chi connectivity index (χ0n) is 20.4. The van der Waals surface area contributed by atoms with Crippen LogP contribution in [0.25, 0.3) is 0 Å². The van der Waals surface area contributed by atoms with Crippen molar-refractivity contribution in [2.24, 2.45) is 5.92 Å². The Kier molecular flexibility index (Phi) is 9.51. The number of halogens is 1. The molecule has 3 amide bonds. The van der Waals surface area contributed by atoms with Gasteiger partial charge < -0.3 is 25.0 Å². The number of hydrogen-bond donors (Lipinski definition) is 2. The minimum atomic E-state index is -0.817. The van der Waals surface area contributed by atoms with Crippen LogP contribution in [-0.4, -0.2) is 72.6 Å². The highest BCUT2D eigenvalue weighted by Gasteiger charge is 2.42. The van der Waals surface area contributed by atoms with Crippen LogP contribution in [0.2, 0.25) is 5.02 Å². The number of carbonyl (C=O) groups excluding carboxylic acids is 4. The van der Waals surface area contributed by atoms with Crippen molar-refractivity contribution in [1.82, 2.24) is 15.5 Å². The van der Waals surface area contributed by atoms with E-state index >= 15 is 0 Å². The van der Waals surface area contributed by atoms with Crippen molar-refractivity contribution in [3.8, 4) is 0 Å². The highest BCUT2D eigenvalue weighted by atomic mass is 35.5. The maximum atomic E-state index is 13.5. The first-order chi connectivity index (χ1) is 16.7. The van der Waals surface area contributed by atoms with E-state index in [0.29, 0.717) is 44.0 Å². The lowest BCUT2D eigenvalue weighted by molar-refractivity contribution is -0.142. The van der Waals surface area contributed by atoms with E-state index in [4.69, 9.17) is 21.1 Å². The lowest BCUT2D eigenvalue weighted by Crippen LogP contribution is -2.56. The third kappa shape index (κ3) is 6.73. The molecule has 0 saturated carbocycles. The fourth-order valence-electron chi connectivity index (χ4n) is 4.50. The molecule has 1 aromatic rings. The zero-order chi connectivity index (χ0) is 25.5. The summed E-state index contributed by atoms with van der Waals surface area (Å²) < 4.78 is 10.7. The molecule has 2 saturated heterocycles. The molecule has 0 unspecified atom stereocenters. The average Bonchev–Trinajstić information content (AvgIpc) is 3.44. The molecule has 2 fully saturated rings. The molecule has 0 bridgehead atoms. The van der Waals surface area contributed by atoms with Gasteiger partial charge in [0.05, 0.1) is 29.7 Å². The number of esters is 1. The number of likely N-dealkylation sites (tertiary alicyclic amines) is 1. The average molecular weight is 508 g/mol. The quantitative estimate of drug-likeness (QED) is 0.371. The largest absolute Gasteiger partial charge is 0.460 e. The molecule has 2 aliphatic heterocycles. The summed E-state index contributed by atoms with van der Waals surface area (Å²) in [7, 11) is 0. The second-order valence-corrected chi connectivity index (χ2v) is 9.60. The maximum absolute atomic E-state index is 13.5.